The third-order valence-electron chi connectivity index (χ3n) is 2.87. The second-order valence-corrected chi connectivity index (χ2v) is 4.03. The lowest BCUT2D eigenvalue weighted by Gasteiger charge is -2.23. The first-order valence-electron chi connectivity index (χ1n) is 5.12. The topological polar surface area (TPSA) is 57.6 Å². The van der Waals surface area contributed by atoms with Gasteiger partial charge in [-0.3, -0.25) is 14.5 Å². The van der Waals surface area contributed by atoms with Crippen molar-refractivity contribution in [3.8, 4) is 0 Å². The molecule has 0 fully saturated rings. The molecule has 0 saturated heterocycles. The van der Waals surface area contributed by atoms with Gasteiger partial charge in [-0.1, -0.05) is 12.1 Å². The molecule has 1 atom stereocenters. The molecule has 4 nitrogen and oxygen atoms in total. The zero-order chi connectivity index (χ0) is 11.9. The highest BCUT2D eigenvalue weighted by Gasteiger charge is 2.28. The molecule has 2 rings (SSSR count). The second kappa shape index (κ2) is 3.72. The highest BCUT2D eigenvalue weighted by molar-refractivity contribution is 6.09. The van der Waals surface area contributed by atoms with E-state index in [1.54, 1.807) is 25.1 Å². The van der Waals surface area contributed by atoms with Crippen LogP contribution in [0.2, 0.25) is 0 Å². The summed E-state index contributed by atoms with van der Waals surface area (Å²) in [6.07, 6.45) is -0.362. The molecule has 0 spiro atoms. The first-order chi connectivity index (χ1) is 7.50. The number of hydrogen-bond acceptors (Lipinski definition) is 3. The molecule has 4 heteroatoms. The largest absolute Gasteiger partial charge is 0.389 e. The minimum atomic E-state index is -0.610. The molecule has 16 heavy (non-hydrogen) atoms. The van der Waals surface area contributed by atoms with E-state index in [0.29, 0.717) is 11.1 Å². The Bertz CT molecular complexity index is 465. The smallest absolute Gasteiger partial charge is 0.260 e. The van der Waals surface area contributed by atoms with Gasteiger partial charge in [0.15, 0.2) is 0 Å². The molecule has 1 aliphatic rings. The summed E-state index contributed by atoms with van der Waals surface area (Å²) in [5.41, 5.74) is 1.94. The van der Waals surface area contributed by atoms with Crippen molar-refractivity contribution in [2.24, 2.45) is 0 Å². The predicted molar refractivity (Wildman–Crippen MR) is 57.9 cm³/mol. The molecule has 1 aliphatic heterocycles. The zero-order valence-electron chi connectivity index (χ0n) is 9.23. The lowest BCUT2D eigenvalue weighted by molar-refractivity contribution is -0.127. The van der Waals surface area contributed by atoms with Crippen LogP contribution in [0.4, 0.5) is 0 Å². The van der Waals surface area contributed by atoms with Crippen molar-refractivity contribution in [1.82, 2.24) is 4.90 Å². The summed E-state index contributed by atoms with van der Waals surface area (Å²) in [6, 6.07) is 5.14. The van der Waals surface area contributed by atoms with Gasteiger partial charge >= 0.3 is 0 Å². The van der Waals surface area contributed by atoms with Crippen LogP contribution in [0.3, 0.4) is 0 Å². The van der Waals surface area contributed by atoms with Gasteiger partial charge in [-0.25, -0.2) is 0 Å². The van der Waals surface area contributed by atoms with Gasteiger partial charge in [-0.05, 0) is 24.1 Å². The summed E-state index contributed by atoms with van der Waals surface area (Å²) in [7, 11) is 1.47. The number of imide groups is 1. The van der Waals surface area contributed by atoms with Crippen LogP contribution >= 0.6 is 0 Å². The van der Waals surface area contributed by atoms with Gasteiger partial charge in [0.1, 0.15) is 0 Å². The van der Waals surface area contributed by atoms with Crippen molar-refractivity contribution in [3.05, 3.63) is 34.9 Å². The van der Waals surface area contributed by atoms with Gasteiger partial charge in [-0.2, -0.15) is 0 Å². The monoisotopic (exact) mass is 219 g/mol. The lowest BCUT2D eigenvalue weighted by atomic mass is 9.95. The normalized spacial score (nSPS) is 17.3. The maximum atomic E-state index is 11.8. The number of hydrogen-bond donors (Lipinski definition) is 1. The van der Waals surface area contributed by atoms with Crippen molar-refractivity contribution in [1.29, 1.82) is 0 Å². The first-order valence-corrected chi connectivity index (χ1v) is 5.12. The Morgan fingerprint density at radius 1 is 1.38 bits per heavy atom. The van der Waals surface area contributed by atoms with Crippen LogP contribution in [-0.4, -0.2) is 28.9 Å². The second-order valence-electron chi connectivity index (χ2n) is 4.03. The van der Waals surface area contributed by atoms with Crippen LogP contribution in [0.1, 0.15) is 34.5 Å². The maximum absolute atomic E-state index is 11.8. The Hall–Kier alpha value is -1.68. The molecule has 1 heterocycles. The van der Waals surface area contributed by atoms with E-state index in [1.165, 1.54) is 7.05 Å². The van der Waals surface area contributed by atoms with E-state index in [1.807, 2.05) is 0 Å². The number of carbonyl (C=O) groups is 2. The predicted octanol–water partition coefficient (Wildman–Crippen LogP) is 0.895. The number of aliphatic hydroxyl groups excluding tert-OH is 1. The van der Waals surface area contributed by atoms with Gasteiger partial charge in [0, 0.05) is 12.6 Å². The Morgan fingerprint density at radius 3 is 2.69 bits per heavy atom. The number of nitrogens with zero attached hydrogens (tertiary/aromatic N) is 1. The molecule has 1 N–H and O–H groups in total. The molecule has 0 aromatic heterocycles. The van der Waals surface area contributed by atoms with E-state index >= 15 is 0 Å². The molecular weight excluding hydrogens is 206 g/mol. The molecule has 0 unspecified atom stereocenters. The Labute approximate surface area is 93.5 Å². The minimum Gasteiger partial charge on any atom is -0.389 e. The van der Waals surface area contributed by atoms with E-state index in [9.17, 15) is 14.7 Å². The number of aliphatic hydroxyl groups is 1. The average molecular weight is 219 g/mol. The molecule has 84 valence electrons. The third kappa shape index (κ3) is 1.61. The fourth-order valence-electron chi connectivity index (χ4n) is 1.78. The first kappa shape index (κ1) is 10.8. The van der Waals surface area contributed by atoms with Crippen LogP contribution in [0.25, 0.3) is 0 Å². The van der Waals surface area contributed by atoms with Crippen molar-refractivity contribution < 1.29 is 14.7 Å². The van der Waals surface area contributed by atoms with Crippen LogP contribution < -0.4 is 0 Å². The molecular formula is C12H13NO3. The summed E-state index contributed by atoms with van der Waals surface area (Å²) in [5, 5.41) is 9.44. The number of likely N-dealkylation sites (N-methyl/N-ethyl adjacent to an activating group) is 1. The SMILES string of the molecule is C[C@H](O)c1ccc2c(c1)C(=O)N(C)C(=O)C2. The van der Waals surface area contributed by atoms with Crippen LogP contribution in [-0.2, 0) is 11.2 Å². The average Bonchev–Trinajstić information content (AvgIpc) is 2.25. The fraction of sp³-hybridized carbons (Fsp3) is 0.333. The highest BCUT2D eigenvalue weighted by Crippen LogP contribution is 2.23. The standard InChI is InChI=1S/C12H13NO3/c1-7(14)8-3-4-9-6-11(15)13(2)12(16)10(9)5-8/h3-5,7,14H,6H2,1-2H3/t7-/m0/s1. The number of rotatable bonds is 1. The van der Waals surface area contributed by atoms with E-state index in [2.05, 4.69) is 0 Å². The summed E-state index contributed by atoms with van der Waals surface area (Å²) in [5.74, 6) is -0.490. The third-order valence-corrected chi connectivity index (χ3v) is 2.87. The highest BCUT2D eigenvalue weighted by atomic mass is 16.3. The fourth-order valence-corrected chi connectivity index (χ4v) is 1.78. The molecule has 0 saturated carbocycles. The van der Waals surface area contributed by atoms with Gasteiger partial charge in [-0.15, -0.1) is 0 Å². The van der Waals surface area contributed by atoms with E-state index in [4.69, 9.17) is 0 Å². The van der Waals surface area contributed by atoms with Crippen molar-refractivity contribution >= 4 is 11.8 Å². The quantitative estimate of drug-likeness (QED) is 0.714. The summed E-state index contributed by atoms with van der Waals surface area (Å²) in [6.45, 7) is 1.64. The number of benzene rings is 1. The summed E-state index contributed by atoms with van der Waals surface area (Å²) >= 11 is 0. The molecule has 1 aromatic carbocycles. The van der Waals surface area contributed by atoms with Crippen molar-refractivity contribution in [3.63, 3.8) is 0 Å². The molecule has 0 radical (unpaired) electrons. The van der Waals surface area contributed by atoms with E-state index < -0.39 is 6.10 Å². The van der Waals surface area contributed by atoms with E-state index in [0.717, 1.165) is 10.5 Å². The molecule has 1 aromatic rings. The molecule has 2 amide bonds. The maximum Gasteiger partial charge on any atom is 0.260 e. The number of fused-ring (bicyclic) bond motifs is 1. The van der Waals surface area contributed by atoms with Gasteiger partial charge in [0.2, 0.25) is 5.91 Å². The summed E-state index contributed by atoms with van der Waals surface area (Å²) in [4.78, 5) is 24.4. The number of amides is 2. The van der Waals surface area contributed by atoms with Crippen LogP contribution in [0, 0.1) is 0 Å². The summed E-state index contributed by atoms with van der Waals surface area (Å²) < 4.78 is 0. The molecule has 0 aliphatic carbocycles. The Balaban J connectivity index is 2.51. The van der Waals surface area contributed by atoms with Crippen molar-refractivity contribution in [2.45, 2.75) is 19.4 Å². The lowest BCUT2D eigenvalue weighted by Crippen LogP contribution is -2.39. The van der Waals surface area contributed by atoms with Crippen LogP contribution in [0.15, 0.2) is 18.2 Å². The van der Waals surface area contributed by atoms with Gasteiger partial charge < -0.3 is 5.11 Å². The van der Waals surface area contributed by atoms with E-state index in [-0.39, 0.29) is 18.2 Å². The number of carbonyl (C=O) groups excluding carboxylic acids is 2. The van der Waals surface area contributed by atoms with Gasteiger partial charge in [0.25, 0.3) is 5.91 Å². The van der Waals surface area contributed by atoms with Gasteiger partial charge in [0.05, 0.1) is 12.5 Å². The van der Waals surface area contributed by atoms with Crippen molar-refractivity contribution in [2.75, 3.05) is 7.05 Å². The Morgan fingerprint density at radius 2 is 2.06 bits per heavy atom. The van der Waals surface area contributed by atoms with Crippen LogP contribution in [0.5, 0.6) is 0 Å². The zero-order valence-corrected chi connectivity index (χ0v) is 9.23. The molecule has 0 bridgehead atoms. The Kier molecular flexibility index (Phi) is 2.52. The minimum absolute atomic E-state index is 0.192.